The Morgan fingerprint density at radius 2 is 2.15 bits per heavy atom. The minimum atomic E-state index is -0.936. The van der Waals surface area contributed by atoms with Gasteiger partial charge in [-0.25, -0.2) is 8.78 Å². The van der Waals surface area contributed by atoms with E-state index >= 15 is 0 Å². The second-order valence-electron chi connectivity index (χ2n) is 6.09. The maximum absolute atomic E-state index is 13.6. The van der Waals surface area contributed by atoms with Crippen LogP contribution in [0.2, 0.25) is 0 Å². The van der Waals surface area contributed by atoms with E-state index in [9.17, 15) is 13.6 Å². The average Bonchev–Trinajstić information content (AvgIpc) is 2.38. The van der Waals surface area contributed by atoms with Crippen LogP contribution < -0.4 is 5.73 Å². The van der Waals surface area contributed by atoms with Gasteiger partial charge >= 0.3 is 0 Å². The number of amides is 1. The van der Waals surface area contributed by atoms with Gasteiger partial charge in [-0.15, -0.1) is 0 Å². The van der Waals surface area contributed by atoms with E-state index in [1.165, 1.54) is 12.1 Å². The van der Waals surface area contributed by atoms with Crippen molar-refractivity contribution in [1.29, 1.82) is 0 Å². The molecule has 1 aliphatic rings. The summed E-state index contributed by atoms with van der Waals surface area (Å²) in [5.41, 5.74) is 5.97. The largest absolute Gasteiger partial charge is 0.342 e. The summed E-state index contributed by atoms with van der Waals surface area (Å²) >= 11 is 0. The molecule has 2 rings (SSSR count). The molecule has 1 saturated heterocycles. The zero-order valence-corrected chi connectivity index (χ0v) is 11.8. The Morgan fingerprint density at radius 3 is 2.80 bits per heavy atom. The fraction of sp³-hybridized carbons (Fsp3) is 0.533. The van der Waals surface area contributed by atoms with Crippen molar-refractivity contribution >= 4 is 5.91 Å². The van der Waals surface area contributed by atoms with Crippen LogP contribution in [0.15, 0.2) is 18.2 Å². The summed E-state index contributed by atoms with van der Waals surface area (Å²) in [5.74, 6) is -2.04. The van der Waals surface area contributed by atoms with E-state index in [0.29, 0.717) is 13.1 Å². The molecule has 1 aromatic rings. The molecule has 3 nitrogen and oxygen atoms in total. The van der Waals surface area contributed by atoms with Gasteiger partial charge in [-0.3, -0.25) is 4.79 Å². The standard InChI is InChI=1S/C15H20F2N2O/c1-15(2)9-19(7-6-12(15)18)13(20)8-10-4-3-5-11(16)14(10)17/h3-5,12H,6-9,18H2,1-2H3. The van der Waals surface area contributed by atoms with Gasteiger partial charge < -0.3 is 10.6 Å². The predicted molar refractivity (Wildman–Crippen MR) is 73.0 cm³/mol. The quantitative estimate of drug-likeness (QED) is 0.903. The number of carbonyl (C=O) groups is 1. The van der Waals surface area contributed by atoms with E-state index in [0.717, 1.165) is 12.5 Å². The van der Waals surface area contributed by atoms with Crippen LogP contribution in [0.5, 0.6) is 0 Å². The normalized spacial score (nSPS) is 21.9. The van der Waals surface area contributed by atoms with Gasteiger partial charge in [-0.2, -0.15) is 0 Å². The van der Waals surface area contributed by atoms with E-state index in [1.807, 2.05) is 13.8 Å². The van der Waals surface area contributed by atoms with Gasteiger partial charge in [0, 0.05) is 24.7 Å². The summed E-state index contributed by atoms with van der Waals surface area (Å²) in [4.78, 5) is 13.9. The summed E-state index contributed by atoms with van der Waals surface area (Å²) in [5, 5.41) is 0. The zero-order valence-electron chi connectivity index (χ0n) is 11.8. The van der Waals surface area contributed by atoms with Gasteiger partial charge in [0.05, 0.1) is 6.42 Å². The van der Waals surface area contributed by atoms with Crippen molar-refractivity contribution in [2.24, 2.45) is 11.1 Å². The van der Waals surface area contributed by atoms with Crippen LogP contribution in [0.4, 0.5) is 8.78 Å². The van der Waals surface area contributed by atoms with Gasteiger partial charge in [0.15, 0.2) is 11.6 Å². The van der Waals surface area contributed by atoms with Crippen molar-refractivity contribution < 1.29 is 13.6 Å². The second kappa shape index (κ2) is 5.48. The van der Waals surface area contributed by atoms with Crippen molar-refractivity contribution in [3.63, 3.8) is 0 Å². The fourth-order valence-corrected chi connectivity index (χ4v) is 2.55. The maximum atomic E-state index is 13.6. The summed E-state index contributed by atoms with van der Waals surface area (Å²) in [6.45, 7) is 5.14. The SMILES string of the molecule is CC1(C)CN(C(=O)Cc2cccc(F)c2F)CCC1N. The summed E-state index contributed by atoms with van der Waals surface area (Å²) < 4.78 is 26.7. The summed E-state index contributed by atoms with van der Waals surface area (Å²) in [6.07, 6.45) is 0.610. The number of hydrogen-bond donors (Lipinski definition) is 1. The van der Waals surface area contributed by atoms with Crippen molar-refractivity contribution in [2.75, 3.05) is 13.1 Å². The molecule has 1 fully saturated rings. The van der Waals surface area contributed by atoms with Crippen LogP contribution >= 0.6 is 0 Å². The van der Waals surface area contributed by atoms with Gasteiger partial charge in [0.2, 0.25) is 5.91 Å². The number of benzene rings is 1. The van der Waals surface area contributed by atoms with Crippen molar-refractivity contribution in [3.05, 3.63) is 35.4 Å². The Morgan fingerprint density at radius 1 is 1.45 bits per heavy atom. The third-order valence-corrected chi connectivity index (χ3v) is 4.04. The Kier molecular flexibility index (Phi) is 4.09. The van der Waals surface area contributed by atoms with Crippen LogP contribution in [0.1, 0.15) is 25.8 Å². The first-order valence-corrected chi connectivity index (χ1v) is 6.77. The first-order valence-electron chi connectivity index (χ1n) is 6.77. The number of piperidine rings is 1. The van der Waals surface area contributed by atoms with Gasteiger partial charge in [-0.05, 0) is 17.9 Å². The first-order chi connectivity index (χ1) is 9.31. The molecule has 1 unspecified atom stereocenters. The van der Waals surface area contributed by atoms with Crippen LogP contribution in [0, 0.1) is 17.0 Å². The molecule has 110 valence electrons. The Labute approximate surface area is 117 Å². The van der Waals surface area contributed by atoms with E-state index in [-0.39, 0.29) is 29.3 Å². The Hall–Kier alpha value is -1.49. The highest BCUT2D eigenvalue weighted by molar-refractivity contribution is 5.79. The minimum Gasteiger partial charge on any atom is -0.342 e. The maximum Gasteiger partial charge on any atom is 0.227 e. The fourth-order valence-electron chi connectivity index (χ4n) is 2.55. The second-order valence-corrected chi connectivity index (χ2v) is 6.09. The molecule has 0 aromatic heterocycles. The van der Waals surface area contributed by atoms with E-state index in [1.54, 1.807) is 4.90 Å². The van der Waals surface area contributed by atoms with E-state index < -0.39 is 11.6 Å². The highest BCUT2D eigenvalue weighted by Gasteiger charge is 2.35. The highest BCUT2D eigenvalue weighted by Crippen LogP contribution is 2.28. The summed E-state index contributed by atoms with van der Waals surface area (Å²) in [6, 6.07) is 3.96. The molecule has 1 aliphatic heterocycles. The van der Waals surface area contributed by atoms with Crippen LogP contribution in [0.25, 0.3) is 0 Å². The third kappa shape index (κ3) is 2.98. The van der Waals surface area contributed by atoms with Crippen LogP contribution in [0.3, 0.4) is 0 Å². The molecule has 1 atom stereocenters. The molecule has 0 radical (unpaired) electrons. The molecule has 5 heteroatoms. The van der Waals surface area contributed by atoms with Crippen LogP contribution in [-0.2, 0) is 11.2 Å². The molecule has 0 saturated carbocycles. The third-order valence-electron chi connectivity index (χ3n) is 4.04. The molecule has 2 N–H and O–H groups in total. The number of nitrogens with two attached hydrogens (primary N) is 1. The molecule has 1 amide bonds. The van der Waals surface area contributed by atoms with Crippen molar-refractivity contribution in [2.45, 2.75) is 32.7 Å². The average molecular weight is 282 g/mol. The lowest BCUT2D eigenvalue weighted by Gasteiger charge is -2.42. The van der Waals surface area contributed by atoms with E-state index in [4.69, 9.17) is 5.73 Å². The Balaban J connectivity index is 2.07. The van der Waals surface area contributed by atoms with E-state index in [2.05, 4.69) is 0 Å². The highest BCUT2D eigenvalue weighted by atomic mass is 19.2. The molecule has 1 aromatic carbocycles. The number of halogens is 2. The van der Waals surface area contributed by atoms with Crippen molar-refractivity contribution in [3.8, 4) is 0 Å². The lowest BCUT2D eigenvalue weighted by atomic mass is 9.79. The lowest BCUT2D eigenvalue weighted by molar-refractivity contribution is -0.133. The number of rotatable bonds is 2. The predicted octanol–water partition coefficient (Wildman–Crippen LogP) is 2.09. The Bertz CT molecular complexity index is 517. The minimum absolute atomic E-state index is 0.0532. The van der Waals surface area contributed by atoms with Crippen LogP contribution in [-0.4, -0.2) is 29.9 Å². The summed E-state index contributed by atoms with van der Waals surface area (Å²) in [7, 11) is 0. The number of hydrogen-bond acceptors (Lipinski definition) is 2. The molecule has 0 aliphatic carbocycles. The topological polar surface area (TPSA) is 46.3 Å². The van der Waals surface area contributed by atoms with Gasteiger partial charge in [0.1, 0.15) is 0 Å². The smallest absolute Gasteiger partial charge is 0.227 e. The first kappa shape index (κ1) is 14.9. The van der Waals surface area contributed by atoms with Gasteiger partial charge in [-0.1, -0.05) is 26.0 Å². The molecule has 1 heterocycles. The number of carbonyl (C=O) groups excluding carboxylic acids is 1. The molecular formula is C15H20F2N2O. The lowest BCUT2D eigenvalue weighted by Crippen LogP contribution is -2.54. The van der Waals surface area contributed by atoms with Crippen molar-refractivity contribution in [1.82, 2.24) is 4.90 Å². The molecule has 20 heavy (non-hydrogen) atoms. The van der Waals surface area contributed by atoms with Gasteiger partial charge in [0.25, 0.3) is 0 Å². The molecule has 0 bridgehead atoms. The number of nitrogens with zero attached hydrogens (tertiary/aromatic N) is 1. The monoisotopic (exact) mass is 282 g/mol. The molecular weight excluding hydrogens is 262 g/mol. The molecule has 0 spiro atoms. The zero-order chi connectivity index (χ0) is 14.9. The number of likely N-dealkylation sites (tertiary alicyclic amines) is 1.